The second kappa shape index (κ2) is 8.89. The molecule has 88 valence electrons. The van der Waals surface area contributed by atoms with Crippen LogP contribution in [0, 0.1) is 0 Å². The van der Waals surface area contributed by atoms with Gasteiger partial charge in [-0.2, -0.15) is 0 Å². The summed E-state index contributed by atoms with van der Waals surface area (Å²) < 4.78 is 4.71. The van der Waals surface area contributed by atoms with Crippen molar-refractivity contribution in [2.75, 3.05) is 0 Å². The normalized spacial score (nSPS) is 18.0. The third kappa shape index (κ3) is 5.60. The van der Waals surface area contributed by atoms with E-state index in [1.54, 1.807) is 47.4 Å². The molecule has 1 aliphatic rings. The van der Waals surface area contributed by atoms with Crippen molar-refractivity contribution >= 4 is 19.8 Å². The van der Waals surface area contributed by atoms with Crippen molar-refractivity contribution in [3.63, 3.8) is 0 Å². The average Bonchev–Trinajstić information content (AvgIpc) is 2.30. The first-order valence-corrected chi connectivity index (χ1v) is 12.9. The molecule has 1 saturated carbocycles. The second-order valence-corrected chi connectivity index (χ2v) is 14.1. The molecular formula is C14H29Sn+. The molecule has 0 spiro atoms. The van der Waals surface area contributed by atoms with Crippen LogP contribution in [-0.2, 0) is 0 Å². The molecule has 0 amide bonds. The van der Waals surface area contributed by atoms with Crippen molar-refractivity contribution in [1.82, 2.24) is 0 Å². The number of hydrogen-bond donors (Lipinski definition) is 0. The van der Waals surface area contributed by atoms with E-state index in [0.717, 1.165) is 0 Å². The van der Waals surface area contributed by atoms with E-state index in [1.165, 1.54) is 23.2 Å². The minimum atomic E-state index is -0.943. The number of hydrogen-bond acceptors (Lipinski definition) is 0. The van der Waals surface area contributed by atoms with Gasteiger partial charge in [-0.25, -0.2) is 0 Å². The van der Waals surface area contributed by atoms with E-state index >= 15 is 0 Å². The van der Waals surface area contributed by atoms with Crippen molar-refractivity contribution in [2.24, 2.45) is 0 Å². The fourth-order valence-electron chi connectivity index (χ4n) is 2.85. The van der Waals surface area contributed by atoms with Gasteiger partial charge in [0, 0.05) is 0 Å². The molecule has 0 radical (unpaired) electrons. The molecule has 0 bridgehead atoms. The number of unbranched alkanes of at least 4 members (excludes halogenated alkanes) is 2. The summed E-state index contributed by atoms with van der Waals surface area (Å²) in [6, 6.07) is 0. The predicted octanol–water partition coefficient (Wildman–Crippen LogP) is 5.42. The first-order valence-electron chi connectivity index (χ1n) is 7.23. The van der Waals surface area contributed by atoms with Gasteiger partial charge >= 0.3 is 104 Å². The maximum atomic E-state index is 2.36. The van der Waals surface area contributed by atoms with Crippen LogP contribution < -0.4 is 0 Å². The van der Waals surface area contributed by atoms with Gasteiger partial charge in [0.2, 0.25) is 0 Å². The fraction of sp³-hybridized carbons (Fsp3) is 1.00. The van der Waals surface area contributed by atoms with Crippen LogP contribution >= 0.6 is 0 Å². The Morgan fingerprint density at radius 2 is 1.40 bits per heavy atom. The van der Waals surface area contributed by atoms with Crippen molar-refractivity contribution in [3.05, 3.63) is 0 Å². The molecule has 1 aliphatic carbocycles. The molecule has 0 unspecified atom stereocenters. The quantitative estimate of drug-likeness (QED) is 0.551. The summed E-state index contributed by atoms with van der Waals surface area (Å²) in [5, 5.41) is 0. The van der Waals surface area contributed by atoms with Gasteiger partial charge < -0.3 is 0 Å². The van der Waals surface area contributed by atoms with Crippen LogP contribution in [0.3, 0.4) is 0 Å². The second-order valence-electron chi connectivity index (χ2n) is 5.20. The summed E-state index contributed by atoms with van der Waals surface area (Å²) in [6.07, 6.45) is 13.9. The maximum absolute atomic E-state index is 2.36. The Balaban J connectivity index is 2.30. The summed E-state index contributed by atoms with van der Waals surface area (Å²) in [4.78, 5) is 0. The summed E-state index contributed by atoms with van der Waals surface area (Å²) >= 11 is -0.943. The van der Waals surface area contributed by atoms with E-state index in [9.17, 15) is 0 Å². The Bertz CT molecular complexity index is 130. The summed E-state index contributed by atoms with van der Waals surface area (Å²) in [7, 11) is 0. The van der Waals surface area contributed by atoms with E-state index in [2.05, 4.69) is 13.8 Å². The molecule has 1 heteroatoms. The van der Waals surface area contributed by atoms with Crippen LogP contribution in [0.4, 0.5) is 0 Å². The summed E-state index contributed by atoms with van der Waals surface area (Å²) in [6.45, 7) is 4.73. The molecule has 0 saturated heterocycles. The molecule has 1 rings (SSSR count). The molecule has 1 fully saturated rings. The third-order valence-electron chi connectivity index (χ3n) is 3.89. The van der Waals surface area contributed by atoms with Gasteiger partial charge in [0.1, 0.15) is 0 Å². The molecule has 0 heterocycles. The molecular weight excluding hydrogens is 287 g/mol. The van der Waals surface area contributed by atoms with Crippen molar-refractivity contribution in [1.29, 1.82) is 0 Å². The van der Waals surface area contributed by atoms with Crippen LogP contribution in [0.1, 0.15) is 71.6 Å². The standard InChI is InChI=1S/C6H11.2C4H9.Sn/c1-2-4-6-5-3-1;2*1-3-4-2;/h1H,2-6H2;2*1,3-4H2,2H3;/q;;;+1. The average molecular weight is 316 g/mol. The fourth-order valence-corrected chi connectivity index (χ4v) is 14.0. The van der Waals surface area contributed by atoms with Crippen molar-refractivity contribution in [2.45, 2.75) is 84.4 Å². The first-order chi connectivity index (χ1) is 7.38. The Kier molecular flexibility index (Phi) is 8.22. The van der Waals surface area contributed by atoms with Crippen LogP contribution in [0.25, 0.3) is 0 Å². The van der Waals surface area contributed by atoms with E-state index in [4.69, 9.17) is 0 Å². The predicted molar refractivity (Wildman–Crippen MR) is 72.0 cm³/mol. The molecule has 0 N–H and O–H groups in total. The van der Waals surface area contributed by atoms with Gasteiger partial charge in [0.15, 0.2) is 0 Å². The van der Waals surface area contributed by atoms with E-state index < -0.39 is 19.8 Å². The number of rotatable bonds is 7. The zero-order chi connectivity index (χ0) is 10.9. The third-order valence-corrected chi connectivity index (χ3v) is 14.5. The van der Waals surface area contributed by atoms with Gasteiger partial charge in [-0.05, 0) is 0 Å². The molecule has 0 nitrogen and oxygen atoms in total. The molecule has 0 aromatic heterocycles. The summed E-state index contributed by atoms with van der Waals surface area (Å²) in [5.74, 6) is 0. The van der Waals surface area contributed by atoms with Gasteiger partial charge in [-0.15, -0.1) is 0 Å². The Hall–Kier alpha value is 0.799. The zero-order valence-corrected chi connectivity index (χ0v) is 13.7. The zero-order valence-electron chi connectivity index (χ0n) is 10.9. The summed E-state index contributed by atoms with van der Waals surface area (Å²) in [5.41, 5.74) is 0. The van der Waals surface area contributed by atoms with Crippen LogP contribution in [0.2, 0.25) is 12.8 Å². The van der Waals surface area contributed by atoms with Gasteiger partial charge in [-0.3, -0.25) is 0 Å². The van der Waals surface area contributed by atoms with Gasteiger partial charge in [0.05, 0.1) is 0 Å². The Labute approximate surface area is 104 Å². The SMILES string of the molecule is CCC[CH2][Sn+]([CH2]CCC)[CH]1CCCCC1. The van der Waals surface area contributed by atoms with E-state index in [0.29, 0.717) is 0 Å². The van der Waals surface area contributed by atoms with Crippen LogP contribution in [-0.4, -0.2) is 19.8 Å². The van der Waals surface area contributed by atoms with Crippen molar-refractivity contribution < 1.29 is 0 Å². The van der Waals surface area contributed by atoms with E-state index in [-0.39, 0.29) is 0 Å². The molecule has 0 aliphatic heterocycles. The Morgan fingerprint density at radius 3 is 1.87 bits per heavy atom. The van der Waals surface area contributed by atoms with Gasteiger partial charge in [-0.1, -0.05) is 0 Å². The molecule has 0 aromatic rings. The molecule has 15 heavy (non-hydrogen) atoms. The minimum absolute atomic E-state index is 0.943. The van der Waals surface area contributed by atoms with Crippen molar-refractivity contribution in [3.8, 4) is 0 Å². The molecule has 0 atom stereocenters. The Morgan fingerprint density at radius 1 is 0.867 bits per heavy atom. The monoisotopic (exact) mass is 317 g/mol. The first kappa shape index (κ1) is 13.9. The van der Waals surface area contributed by atoms with Crippen LogP contribution in [0.5, 0.6) is 0 Å². The van der Waals surface area contributed by atoms with Crippen LogP contribution in [0.15, 0.2) is 0 Å². The van der Waals surface area contributed by atoms with E-state index in [1.807, 2.05) is 0 Å². The molecule has 0 aromatic carbocycles. The topological polar surface area (TPSA) is 0 Å². The van der Waals surface area contributed by atoms with Gasteiger partial charge in [0.25, 0.3) is 0 Å².